The van der Waals surface area contributed by atoms with Gasteiger partial charge in [-0.25, -0.2) is 0 Å². The molecule has 0 aliphatic heterocycles. The number of ether oxygens (including phenoxy) is 1. The maximum Gasteiger partial charge on any atom is 0.118 e. The zero-order valence-electron chi connectivity index (χ0n) is 11.7. The summed E-state index contributed by atoms with van der Waals surface area (Å²) in [7, 11) is 3.77. The highest BCUT2D eigenvalue weighted by molar-refractivity contribution is 5.85. The lowest BCUT2D eigenvalue weighted by Crippen LogP contribution is -1.89. The standard InChI is InChI=1S/C18H17NO/c1-19-16(13-15-5-3-4-6-18(15)19)10-7-14-8-11-17(20-2)12-9-14/h3-13H,1-2H3/b10-7-. The van der Waals surface area contributed by atoms with Crippen molar-refractivity contribution in [3.63, 3.8) is 0 Å². The quantitative estimate of drug-likeness (QED) is 0.685. The van der Waals surface area contributed by atoms with E-state index in [4.69, 9.17) is 4.74 Å². The Morgan fingerprint density at radius 1 is 0.950 bits per heavy atom. The molecule has 0 bridgehead atoms. The van der Waals surface area contributed by atoms with Crippen LogP contribution in [0.1, 0.15) is 11.3 Å². The molecule has 0 aliphatic carbocycles. The monoisotopic (exact) mass is 263 g/mol. The minimum atomic E-state index is 0.881. The Hall–Kier alpha value is -2.48. The summed E-state index contributed by atoms with van der Waals surface area (Å²) in [6.07, 6.45) is 4.26. The molecular weight excluding hydrogens is 246 g/mol. The van der Waals surface area contributed by atoms with Gasteiger partial charge in [0, 0.05) is 23.6 Å². The molecule has 0 saturated heterocycles. The molecule has 0 radical (unpaired) electrons. The largest absolute Gasteiger partial charge is 0.497 e. The first kappa shape index (κ1) is 12.5. The lowest BCUT2D eigenvalue weighted by molar-refractivity contribution is 0.415. The Morgan fingerprint density at radius 3 is 2.40 bits per heavy atom. The normalized spacial score (nSPS) is 11.3. The smallest absolute Gasteiger partial charge is 0.118 e. The number of rotatable bonds is 3. The van der Waals surface area contributed by atoms with E-state index in [9.17, 15) is 0 Å². The van der Waals surface area contributed by atoms with Crippen molar-refractivity contribution >= 4 is 23.1 Å². The first-order chi connectivity index (χ1) is 9.78. The molecule has 3 aromatic rings. The minimum Gasteiger partial charge on any atom is -0.497 e. The number of fused-ring (bicyclic) bond motifs is 1. The van der Waals surface area contributed by atoms with Crippen molar-refractivity contribution in [3.8, 4) is 5.75 Å². The molecule has 0 saturated carbocycles. The van der Waals surface area contributed by atoms with Gasteiger partial charge in [-0.05, 0) is 35.9 Å². The van der Waals surface area contributed by atoms with Crippen molar-refractivity contribution in [1.29, 1.82) is 0 Å². The number of methoxy groups -OCH3 is 1. The number of hydrogen-bond acceptors (Lipinski definition) is 1. The Morgan fingerprint density at radius 2 is 1.70 bits per heavy atom. The second-order valence-electron chi connectivity index (χ2n) is 4.79. The Kier molecular flexibility index (Phi) is 3.30. The molecule has 0 amide bonds. The van der Waals surface area contributed by atoms with E-state index in [1.165, 1.54) is 16.6 Å². The van der Waals surface area contributed by atoms with Gasteiger partial charge in [-0.15, -0.1) is 0 Å². The third kappa shape index (κ3) is 2.32. The second kappa shape index (κ2) is 5.25. The van der Waals surface area contributed by atoms with E-state index in [-0.39, 0.29) is 0 Å². The molecule has 20 heavy (non-hydrogen) atoms. The highest BCUT2D eigenvalue weighted by atomic mass is 16.5. The van der Waals surface area contributed by atoms with E-state index in [1.807, 2.05) is 12.1 Å². The van der Waals surface area contributed by atoms with Crippen LogP contribution in [0.4, 0.5) is 0 Å². The van der Waals surface area contributed by atoms with Crippen molar-refractivity contribution in [2.45, 2.75) is 0 Å². The summed E-state index contributed by atoms with van der Waals surface area (Å²) < 4.78 is 7.37. The zero-order chi connectivity index (χ0) is 13.9. The second-order valence-corrected chi connectivity index (χ2v) is 4.79. The molecule has 1 heterocycles. The zero-order valence-corrected chi connectivity index (χ0v) is 11.7. The van der Waals surface area contributed by atoms with Crippen LogP contribution in [0.25, 0.3) is 23.1 Å². The number of benzene rings is 2. The summed E-state index contributed by atoms with van der Waals surface area (Å²) in [4.78, 5) is 0. The molecule has 0 unspecified atom stereocenters. The Labute approximate surface area is 118 Å². The van der Waals surface area contributed by atoms with Gasteiger partial charge in [-0.1, -0.05) is 36.4 Å². The lowest BCUT2D eigenvalue weighted by Gasteiger charge is -2.00. The predicted octanol–water partition coefficient (Wildman–Crippen LogP) is 4.36. The van der Waals surface area contributed by atoms with Crippen molar-refractivity contribution < 1.29 is 4.74 Å². The van der Waals surface area contributed by atoms with E-state index >= 15 is 0 Å². The van der Waals surface area contributed by atoms with Crippen LogP contribution in [0.2, 0.25) is 0 Å². The molecule has 3 rings (SSSR count). The van der Waals surface area contributed by atoms with Crippen molar-refractivity contribution in [2.24, 2.45) is 7.05 Å². The molecule has 1 aromatic heterocycles. The molecule has 2 nitrogen and oxygen atoms in total. The van der Waals surface area contributed by atoms with Gasteiger partial charge in [-0.2, -0.15) is 0 Å². The minimum absolute atomic E-state index is 0.881. The Bertz CT molecular complexity index is 751. The van der Waals surface area contributed by atoms with Gasteiger partial charge in [0.25, 0.3) is 0 Å². The van der Waals surface area contributed by atoms with Crippen LogP contribution >= 0.6 is 0 Å². The molecule has 2 heteroatoms. The van der Waals surface area contributed by atoms with Crippen LogP contribution in [0.3, 0.4) is 0 Å². The third-order valence-corrected chi connectivity index (χ3v) is 3.55. The van der Waals surface area contributed by atoms with Crippen molar-refractivity contribution in [1.82, 2.24) is 4.57 Å². The summed E-state index contributed by atoms with van der Waals surface area (Å²) in [6.45, 7) is 0. The van der Waals surface area contributed by atoms with E-state index in [1.54, 1.807) is 7.11 Å². The summed E-state index contributed by atoms with van der Waals surface area (Å²) in [6, 6.07) is 18.7. The average Bonchev–Trinajstić information content (AvgIpc) is 2.83. The van der Waals surface area contributed by atoms with Crippen LogP contribution in [0.15, 0.2) is 54.6 Å². The van der Waals surface area contributed by atoms with E-state index < -0.39 is 0 Å². The van der Waals surface area contributed by atoms with Crippen molar-refractivity contribution in [3.05, 3.63) is 65.9 Å². The molecule has 0 spiro atoms. The topological polar surface area (TPSA) is 14.2 Å². The Balaban J connectivity index is 1.91. The molecule has 0 fully saturated rings. The maximum absolute atomic E-state index is 5.16. The number of para-hydroxylation sites is 1. The van der Waals surface area contributed by atoms with Crippen LogP contribution in [0, 0.1) is 0 Å². The highest BCUT2D eigenvalue weighted by Gasteiger charge is 2.01. The van der Waals surface area contributed by atoms with Crippen LogP contribution in [-0.2, 0) is 7.05 Å². The van der Waals surface area contributed by atoms with Gasteiger partial charge < -0.3 is 9.30 Å². The van der Waals surface area contributed by atoms with Gasteiger partial charge in [0.05, 0.1) is 7.11 Å². The van der Waals surface area contributed by atoms with E-state index in [2.05, 4.69) is 66.2 Å². The van der Waals surface area contributed by atoms with Crippen LogP contribution in [-0.4, -0.2) is 11.7 Å². The number of aromatic nitrogens is 1. The first-order valence-corrected chi connectivity index (χ1v) is 6.64. The van der Waals surface area contributed by atoms with Crippen LogP contribution < -0.4 is 4.74 Å². The number of hydrogen-bond donors (Lipinski definition) is 0. The van der Waals surface area contributed by atoms with Gasteiger partial charge in [-0.3, -0.25) is 0 Å². The first-order valence-electron chi connectivity index (χ1n) is 6.64. The maximum atomic E-state index is 5.16. The third-order valence-electron chi connectivity index (χ3n) is 3.55. The number of aryl methyl sites for hydroxylation is 1. The van der Waals surface area contributed by atoms with Gasteiger partial charge in [0.1, 0.15) is 5.75 Å². The van der Waals surface area contributed by atoms with Crippen molar-refractivity contribution in [2.75, 3.05) is 7.11 Å². The molecule has 2 aromatic carbocycles. The average molecular weight is 263 g/mol. The van der Waals surface area contributed by atoms with E-state index in [0.717, 1.165) is 11.3 Å². The summed E-state index contributed by atoms with van der Waals surface area (Å²) in [5.74, 6) is 0.881. The SMILES string of the molecule is COc1ccc(/C=C\c2cc3ccccc3n2C)cc1. The van der Waals surface area contributed by atoms with E-state index in [0.29, 0.717) is 0 Å². The summed E-state index contributed by atoms with van der Waals surface area (Å²) in [5, 5.41) is 1.27. The van der Waals surface area contributed by atoms with Gasteiger partial charge >= 0.3 is 0 Å². The highest BCUT2D eigenvalue weighted by Crippen LogP contribution is 2.20. The lowest BCUT2D eigenvalue weighted by atomic mass is 10.2. The van der Waals surface area contributed by atoms with Gasteiger partial charge in [0.15, 0.2) is 0 Å². The summed E-state index contributed by atoms with van der Waals surface area (Å²) >= 11 is 0. The molecule has 0 atom stereocenters. The predicted molar refractivity (Wildman–Crippen MR) is 84.8 cm³/mol. The number of nitrogens with zero attached hydrogens (tertiary/aromatic N) is 1. The molecule has 0 N–H and O–H groups in total. The molecular formula is C18H17NO. The fourth-order valence-electron chi connectivity index (χ4n) is 2.37. The van der Waals surface area contributed by atoms with Gasteiger partial charge in [0.2, 0.25) is 0 Å². The molecule has 100 valence electrons. The van der Waals surface area contributed by atoms with Crippen LogP contribution in [0.5, 0.6) is 5.75 Å². The fraction of sp³-hybridized carbons (Fsp3) is 0.111. The molecule has 0 aliphatic rings. The summed E-state index contributed by atoms with van der Waals surface area (Å²) in [5.41, 5.74) is 3.61. The fourth-order valence-corrected chi connectivity index (χ4v) is 2.37.